The van der Waals surface area contributed by atoms with Crippen molar-refractivity contribution in [2.45, 2.75) is 6.92 Å². The second-order valence-corrected chi connectivity index (χ2v) is 4.43. The van der Waals surface area contributed by atoms with Crippen LogP contribution in [0.1, 0.15) is 5.56 Å². The smallest absolute Gasteiger partial charge is 0.226 e. The molecule has 3 aromatic rings. The predicted octanol–water partition coefficient (Wildman–Crippen LogP) is 2.96. The highest BCUT2D eigenvalue weighted by atomic mass is 35.5. The summed E-state index contributed by atoms with van der Waals surface area (Å²) >= 11 is 5.88. The second kappa shape index (κ2) is 3.99. The summed E-state index contributed by atoms with van der Waals surface area (Å²) in [5, 5.41) is 1.01. The van der Waals surface area contributed by atoms with Gasteiger partial charge in [0.2, 0.25) is 5.28 Å². The van der Waals surface area contributed by atoms with Gasteiger partial charge in [-0.25, -0.2) is 4.98 Å². The lowest BCUT2D eigenvalue weighted by molar-refractivity contribution is 1.07. The molecule has 0 fully saturated rings. The Kier molecular flexibility index (Phi) is 2.45. The first-order chi connectivity index (χ1) is 8.66. The van der Waals surface area contributed by atoms with Crippen LogP contribution in [0.5, 0.6) is 0 Å². The van der Waals surface area contributed by atoms with Crippen molar-refractivity contribution in [2.75, 3.05) is 5.73 Å². The predicted molar refractivity (Wildman–Crippen MR) is 73.0 cm³/mol. The molecule has 0 radical (unpaired) electrons. The van der Waals surface area contributed by atoms with Crippen molar-refractivity contribution in [3.05, 3.63) is 47.4 Å². The van der Waals surface area contributed by atoms with Crippen molar-refractivity contribution in [1.82, 2.24) is 14.5 Å². The monoisotopic (exact) mass is 258 g/mol. The minimum absolute atomic E-state index is 0.162. The van der Waals surface area contributed by atoms with E-state index in [1.807, 2.05) is 48.0 Å². The van der Waals surface area contributed by atoms with Crippen LogP contribution >= 0.6 is 11.6 Å². The van der Waals surface area contributed by atoms with E-state index in [0.717, 1.165) is 22.3 Å². The van der Waals surface area contributed by atoms with Gasteiger partial charge in [-0.05, 0) is 36.2 Å². The number of fused-ring (bicyclic) bond motifs is 1. The molecule has 0 atom stereocenters. The second-order valence-electron chi connectivity index (χ2n) is 4.09. The third-order valence-corrected chi connectivity index (χ3v) is 3.04. The Bertz CT molecular complexity index is 719. The summed E-state index contributed by atoms with van der Waals surface area (Å²) in [6, 6.07) is 9.93. The molecule has 0 aliphatic heterocycles. The number of hydrogen-bond donors (Lipinski definition) is 1. The Morgan fingerprint density at radius 3 is 2.61 bits per heavy atom. The number of para-hydroxylation sites is 1. The maximum absolute atomic E-state index is 5.90. The van der Waals surface area contributed by atoms with Gasteiger partial charge in [0.1, 0.15) is 5.82 Å². The van der Waals surface area contributed by atoms with E-state index in [1.54, 1.807) is 0 Å². The SMILES string of the molecule is Cc1cn(-c2ccccc2)c2nc(Cl)nc(N)c12. The third kappa shape index (κ3) is 1.62. The molecular weight excluding hydrogens is 248 g/mol. The topological polar surface area (TPSA) is 56.7 Å². The minimum Gasteiger partial charge on any atom is -0.383 e. The van der Waals surface area contributed by atoms with Crippen molar-refractivity contribution in [3.8, 4) is 5.69 Å². The van der Waals surface area contributed by atoms with Crippen LogP contribution in [0.2, 0.25) is 5.28 Å². The Labute approximate surface area is 109 Å². The first-order valence-electron chi connectivity index (χ1n) is 5.53. The fourth-order valence-corrected chi connectivity index (χ4v) is 2.27. The Morgan fingerprint density at radius 1 is 1.17 bits per heavy atom. The van der Waals surface area contributed by atoms with Crippen molar-refractivity contribution < 1.29 is 0 Å². The van der Waals surface area contributed by atoms with Crippen LogP contribution in [0, 0.1) is 6.92 Å². The lowest BCUT2D eigenvalue weighted by Crippen LogP contribution is -1.98. The van der Waals surface area contributed by atoms with E-state index in [-0.39, 0.29) is 5.28 Å². The molecule has 0 saturated carbocycles. The molecule has 2 aromatic heterocycles. The van der Waals surface area contributed by atoms with Crippen LogP contribution in [0.15, 0.2) is 36.5 Å². The highest BCUT2D eigenvalue weighted by molar-refractivity contribution is 6.28. The third-order valence-electron chi connectivity index (χ3n) is 2.87. The summed E-state index contributed by atoms with van der Waals surface area (Å²) in [4.78, 5) is 8.26. The Morgan fingerprint density at radius 2 is 1.89 bits per heavy atom. The molecule has 4 nitrogen and oxygen atoms in total. The number of aryl methyl sites for hydroxylation is 1. The number of rotatable bonds is 1. The van der Waals surface area contributed by atoms with Crippen molar-refractivity contribution in [3.63, 3.8) is 0 Å². The maximum Gasteiger partial charge on any atom is 0.226 e. The van der Waals surface area contributed by atoms with Gasteiger partial charge in [0.05, 0.1) is 5.39 Å². The summed E-state index contributed by atoms with van der Waals surface area (Å²) in [5.41, 5.74) is 8.68. The lowest BCUT2D eigenvalue weighted by Gasteiger charge is -2.04. The first kappa shape index (κ1) is 11.0. The van der Waals surface area contributed by atoms with E-state index in [1.165, 1.54) is 0 Å². The Balaban J connectivity index is 2.38. The molecule has 0 unspecified atom stereocenters. The molecule has 3 rings (SSSR count). The van der Waals surface area contributed by atoms with Gasteiger partial charge in [-0.1, -0.05) is 18.2 Å². The normalized spacial score (nSPS) is 11.0. The van der Waals surface area contributed by atoms with Gasteiger partial charge < -0.3 is 10.3 Å². The van der Waals surface area contributed by atoms with E-state index in [4.69, 9.17) is 17.3 Å². The minimum atomic E-state index is 0.162. The number of benzene rings is 1. The van der Waals surface area contributed by atoms with Crippen LogP contribution < -0.4 is 5.73 Å². The highest BCUT2D eigenvalue weighted by Gasteiger charge is 2.13. The quantitative estimate of drug-likeness (QED) is 0.683. The summed E-state index contributed by atoms with van der Waals surface area (Å²) in [6.07, 6.45) is 1.99. The number of hydrogen-bond acceptors (Lipinski definition) is 3. The van der Waals surface area contributed by atoms with Gasteiger partial charge in [0.25, 0.3) is 0 Å². The van der Waals surface area contributed by atoms with E-state index >= 15 is 0 Å². The van der Waals surface area contributed by atoms with E-state index in [2.05, 4.69) is 9.97 Å². The molecule has 90 valence electrons. The molecular formula is C13H11ClN4. The van der Waals surface area contributed by atoms with E-state index in [0.29, 0.717) is 5.82 Å². The average Bonchev–Trinajstić information content (AvgIpc) is 2.67. The number of anilines is 1. The Hall–Kier alpha value is -2.07. The van der Waals surface area contributed by atoms with Crippen LogP contribution in [0.3, 0.4) is 0 Å². The van der Waals surface area contributed by atoms with Crippen LogP contribution in [-0.4, -0.2) is 14.5 Å². The van der Waals surface area contributed by atoms with Crippen molar-refractivity contribution in [1.29, 1.82) is 0 Å². The van der Waals surface area contributed by atoms with E-state index in [9.17, 15) is 0 Å². The van der Waals surface area contributed by atoms with Crippen LogP contribution in [0.4, 0.5) is 5.82 Å². The molecule has 0 aliphatic carbocycles. The van der Waals surface area contributed by atoms with Crippen LogP contribution in [0.25, 0.3) is 16.7 Å². The lowest BCUT2D eigenvalue weighted by atomic mass is 10.2. The summed E-state index contributed by atoms with van der Waals surface area (Å²) < 4.78 is 1.97. The molecule has 2 N–H and O–H groups in total. The number of halogens is 1. The number of nitrogen functional groups attached to an aromatic ring is 1. The zero-order valence-electron chi connectivity index (χ0n) is 9.76. The van der Waals surface area contributed by atoms with Gasteiger partial charge in [0, 0.05) is 11.9 Å². The standard InChI is InChI=1S/C13H11ClN4/c1-8-7-18(9-5-3-2-4-6-9)12-10(8)11(15)16-13(14)17-12/h2-7H,1H3,(H2,15,16,17). The number of aromatic nitrogens is 3. The summed E-state index contributed by atoms with van der Waals surface area (Å²) in [6.45, 7) is 1.98. The fourth-order valence-electron chi connectivity index (χ4n) is 2.10. The van der Waals surface area contributed by atoms with Crippen molar-refractivity contribution >= 4 is 28.5 Å². The molecule has 5 heteroatoms. The number of nitrogens with zero attached hydrogens (tertiary/aromatic N) is 3. The van der Waals surface area contributed by atoms with Gasteiger partial charge in [-0.15, -0.1) is 0 Å². The van der Waals surface area contributed by atoms with Gasteiger partial charge in [-0.2, -0.15) is 4.98 Å². The molecule has 0 amide bonds. The molecule has 0 bridgehead atoms. The van der Waals surface area contributed by atoms with Crippen LogP contribution in [-0.2, 0) is 0 Å². The average molecular weight is 259 g/mol. The zero-order valence-corrected chi connectivity index (χ0v) is 10.5. The van der Waals surface area contributed by atoms with Gasteiger partial charge in [0.15, 0.2) is 5.65 Å². The van der Waals surface area contributed by atoms with Crippen molar-refractivity contribution in [2.24, 2.45) is 0 Å². The largest absolute Gasteiger partial charge is 0.383 e. The first-order valence-corrected chi connectivity index (χ1v) is 5.90. The number of nitrogens with two attached hydrogens (primary N) is 1. The summed E-state index contributed by atoms with van der Waals surface area (Å²) in [7, 11) is 0. The highest BCUT2D eigenvalue weighted by Crippen LogP contribution is 2.27. The summed E-state index contributed by atoms with van der Waals surface area (Å²) in [5.74, 6) is 0.414. The van der Waals surface area contributed by atoms with Gasteiger partial charge in [-0.3, -0.25) is 0 Å². The molecule has 0 saturated heterocycles. The molecule has 0 spiro atoms. The fraction of sp³-hybridized carbons (Fsp3) is 0.0769. The molecule has 2 heterocycles. The molecule has 18 heavy (non-hydrogen) atoms. The molecule has 1 aromatic carbocycles. The maximum atomic E-state index is 5.90. The zero-order chi connectivity index (χ0) is 12.7. The molecule has 0 aliphatic rings. The van der Waals surface area contributed by atoms with E-state index < -0.39 is 0 Å². The van der Waals surface area contributed by atoms with Gasteiger partial charge >= 0.3 is 0 Å².